The molecule has 1 unspecified atom stereocenters. The van der Waals surface area contributed by atoms with E-state index in [2.05, 4.69) is 0 Å². The number of hydrogen-bond donors (Lipinski definition) is 1. The fourth-order valence-corrected chi connectivity index (χ4v) is 1.74. The van der Waals surface area contributed by atoms with E-state index in [9.17, 15) is 9.59 Å². The van der Waals surface area contributed by atoms with Crippen LogP contribution in [0.25, 0.3) is 0 Å². The van der Waals surface area contributed by atoms with E-state index in [1.54, 1.807) is 25.1 Å². The lowest BCUT2D eigenvalue weighted by Crippen LogP contribution is -2.16. The molecule has 0 bridgehead atoms. The van der Waals surface area contributed by atoms with E-state index in [1.165, 1.54) is 0 Å². The Bertz CT molecular complexity index is 511. The molecule has 1 aromatic rings. The first kappa shape index (κ1) is 15.5. The van der Waals surface area contributed by atoms with Crippen molar-refractivity contribution in [1.82, 2.24) is 0 Å². The minimum atomic E-state index is -1.20. The smallest absolute Gasteiger partial charge is 0.331 e. The Morgan fingerprint density at radius 2 is 2.00 bits per heavy atom. The lowest BCUT2D eigenvalue weighted by Gasteiger charge is -2.12. The van der Waals surface area contributed by atoms with Gasteiger partial charge in [-0.15, -0.1) is 0 Å². The molecule has 0 fully saturated rings. The van der Waals surface area contributed by atoms with E-state index in [-0.39, 0.29) is 0 Å². The molecule has 102 valence electrons. The number of ether oxygens (including phenoxy) is 1. The van der Waals surface area contributed by atoms with Crippen molar-refractivity contribution in [3.05, 3.63) is 46.0 Å². The highest BCUT2D eigenvalue weighted by Crippen LogP contribution is 2.23. The first-order valence-corrected chi connectivity index (χ1v) is 6.19. The van der Waals surface area contributed by atoms with Gasteiger partial charge in [0.15, 0.2) is 0 Å². The molecule has 0 amide bonds. The summed E-state index contributed by atoms with van der Waals surface area (Å²) in [6.45, 7) is 1.70. The maximum Gasteiger partial charge on any atom is 0.331 e. The van der Waals surface area contributed by atoms with Gasteiger partial charge in [0, 0.05) is 18.6 Å². The Kier molecular flexibility index (Phi) is 5.86. The first-order valence-electron chi connectivity index (χ1n) is 5.44. The summed E-state index contributed by atoms with van der Waals surface area (Å²) >= 11 is 11.7. The molecule has 1 N–H and O–H groups in total. The van der Waals surface area contributed by atoms with Crippen molar-refractivity contribution in [3.8, 4) is 0 Å². The minimum absolute atomic E-state index is 0.400. The summed E-state index contributed by atoms with van der Waals surface area (Å²) in [6, 6.07) is 5.14. The van der Waals surface area contributed by atoms with Crippen LogP contribution < -0.4 is 0 Å². The molecule has 6 heteroatoms. The van der Waals surface area contributed by atoms with Gasteiger partial charge in [0.2, 0.25) is 0 Å². The zero-order valence-corrected chi connectivity index (χ0v) is 11.6. The Morgan fingerprint density at radius 1 is 1.32 bits per heavy atom. The minimum Gasteiger partial charge on any atom is -0.478 e. The molecule has 0 aromatic heterocycles. The molecule has 0 aliphatic heterocycles. The Hall–Kier alpha value is -1.52. The van der Waals surface area contributed by atoms with Crippen LogP contribution in [0.2, 0.25) is 10.0 Å². The van der Waals surface area contributed by atoms with Crippen molar-refractivity contribution in [2.75, 3.05) is 0 Å². The molecule has 0 saturated heterocycles. The molecule has 0 aliphatic rings. The van der Waals surface area contributed by atoms with E-state index in [0.29, 0.717) is 16.5 Å². The molecule has 1 atom stereocenters. The summed E-state index contributed by atoms with van der Waals surface area (Å²) in [5.74, 6) is -1.90. The molecule has 0 heterocycles. The normalized spacial score (nSPS) is 12.4. The largest absolute Gasteiger partial charge is 0.478 e. The van der Waals surface area contributed by atoms with Gasteiger partial charge in [-0.1, -0.05) is 29.3 Å². The molecule has 19 heavy (non-hydrogen) atoms. The Morgan fingerprint density at radius 3 is 2.58 bits per heavy atom. The van der Waals surface area contributed by atoms with Gasteiger partial charge in [-0.2, -0.15) is 0 Å². The third-order valence-corrected chi connectivity index (χ3v) is 2.93. The third kappa shape index (κ3) is 5.77. The number of esters is 1. The number of carbonyl (C=O) groups excluding carboxylic acids is 1. The van der Waals surface area contributed by atoms with Gasteiger partial charge in [0.25, 0.3) is 0 Å². The van der Waals surface area contributed by atoms with E-state index in [0.717, 1.165) is 17.7 Å². The van der Waals surface area contributed by atoms with Crippen LogP contribution in [-0.4, -0.2) is 23.1 Å². The van der Waals surface area contributed by atoms with Crippen molar-refractivity contribution in [2.24, 2.45) is 0 Å². The number of benzene rings is 1. The number of rotatable bonds is 5. The lowest BCUT2D eigenvalue weighted by molar-refractivity contribution is -0.142. The molecular weight excluding hydrogens is 291 g/mol. The summed E-state index contributed by atoms with van der Waals surface area (Å²) in [7, 11) is 0. The molecule has 0 aliphatic carbocycles. The second-order valence-corrected chi connectivity index (χ2v) is 4.69. The summed E-state index contributed by atoms with van der Waals surface area (Å²) in [6.07, 6.45) is 1.66. The zero-order chi connectivity index (χ0) is 14.4. The van der Waals surface area contributed by atoms with Gasteiger partial charge in [-0.3, -0.25) is 0 Å². The summed E-state index contributed by atoms with van der Waals surface area (Å²) < 4.78 is 5.01. The number of aliphatic carboxylic acids is 1. The van der Waals surface area contributed by atoms with Gasteiger partial charge in [-0.25, -0.2) is 9.59 Å². The van der Waals surface area contributed by atoms with E-state index in [1.807, 2.05) is 0 Å². The predicted molar refractivity (Wildman–Crippen MR) is 72.5 cm³/mol. The van der Waals surface area contributed by atoms with E-state index in [4.69, 9.17) is 33.0 Å². The quantitative estimate of drug-likeness (QED) is 0.670. The molecule has 0 radical (unpaired) electrons. The second kappa shape index (κ2) is 7.16. The molecule has 1 rings (SSSR count). The van der Waals surface area contributed by atoms with Gasteiger partial charge >= 0.3 is 11.9 Å². The second-order valence-electron chi connectivity index (χ2n) is 3.87. The van der Waals surface area contributed by atoms with Gasteiger partial charge in [-0.05, 0) is 24.6 Å². The number of carboxylic acid groups (broad SMARTS) is 1. The average molecular weight is 303 g/mol. The average Bonchev–Trinajstić information content (AvgIpc) is 2.31. The van der Waals surface area contributed by atoms with Crippen LogP contribution in [0.4, 0.5) is 0 Å². The van der Waals surface area contributed by atoms with Crippen molar-refractivity contribution < 1.29 is 19.4 Å². The Balaban J connectivity index is 2.55. The van der Waals surface area contributed by atoms with Crippen LogP contribution >= 0.6 is 23.2 Å². The summed E-state index contributed by atoms with van der Waals surface area (Å²) in [4.78, 5) is 21.5. The lowest BCUT2D eigenvalue weighted by atomic mass is 10.1. The highest BCUT2D eigenvalue weighted by molar-refractivity contribution is 6.42. The summed E-state index contributed by atoms with van der Waals surface area (Å²) in [5.41, 5.74) is 0.872. The van der Waals surface area contributed by atoms with Crippen LogP contribution in [0, 0.1) is 0 Å². The van der Waals surface area contributed by atoms with Crippen molar-refractivity contribution in [2.45, 2.75) is 19.4 Å². The fraction of sp³-hybridized carbons (Fsp3) is 0.231. The molecule has 4 nitrogen and oxygen atoms in total. The monoisotopic (exact) mass is 302 g/mol. The van der Waals surface area contributed by atoms with Crippen LogP contribution in [0.3, 0.4) is 0 Å². The third-order valence-electron chi connectivity index (χ3n) is 2.19. The van der Waals surface area contributed by atoms with Crippen LogP contribution in [0.1, 0.15) is 12.5 Å². The first-order chi connectivity index (χ1) is 8.88. The zero-order valence-electron chi connectivity index (χ0n) is 10.1. The topological polar surface area (TPSA) is 63.6 Å². The van der Waals surface area contributed by atoms with Crippen LogP contribution in [0.15, 0.2) is 30.4 Å². The van der Waals surface area contributed by atoms with E-state index >= 15 is 0 Å². The maximum atomic E-state index is 11.2. The standard InChI is InChI=1S/C13H12Cl2O4/c1-8(19-13(18)5-4-12(16)17)6-9-2-3-10(14)11(15)7-9/h2-5,7-8H,6H2,1H3,(H,16,17)/b5-4-. The van der Waals surface area contributed by atoms with Crippen LogP contribution in [-0.2, 0) is 20.7 Å². The molecule has 0 spiro atoms. The SMILES string of the molecule is CC(Cc1ccc(Cl)c(Cl)c1)OC(=O)/C=C\C(=O)O. The molecule has 0 saturated carbocycles. The van der Waals surface area contributed by atoms with Crippen molar-refractivity contribution >= 4 is 35.1 Å². The summed E-state index contributed by atoms with van der Waals surface area (Å²) in [5, 5.41) is 9.26. The number of carbonyl (C=O) groups is 2. The fourth-order valence-electron chi connectivity index (χ4n) is 1.42. The molecule has 1 aromatic carbocycles. The van der Waals surface area contributed by atoms with E-state index < -0.39 is 18.0 Å². The highest BCUT2D eigenvalue weighted by Gasteiger charge is 2.09. The number of hydrogen-bond acceptors (Lipinski definition) is 3. The van der Waals surface area contributed by atoms with Gasteiger partial charge < -0.3 is 9.84 Å². The number of halogens is 2. The Labute approximate surface area is 120 Å². The highest BCUT2D eigenvalue weighted by atomic mass is 35.5. The van der Waals surface area contributed by atoms with Crippen molar-refractivity contribution in [1.29, 1.82) is 0 Å². The van der Waals surface area contributed by atoms with Gasteiger partial charge in [0.1, 0.15) is 6.10 Å². The maximum absolute atomic E-state index is 11.2. The number of carboxylic acids is 1. The van der Waals surface area contributed by atoms with Crippen LogP contribution in [0.5, 0.6) is 0 Å². The molecular formula is C13H12Cl2O4. The predicted octanol–water partition coefficient (Wildman–Crippen LogP) is 3.11. The van der Waals surface area contributed by atoms with Gasteiger partial charge in [0.05, 0.1) is 10.0 Å². The van der Waals surface area contributed by atoms with Crippen molar-refractivity contribution in [3.63, 3.8) is 0 Å².